The number of nitrogens with one attached hydrogen (secondary N) is 3. The smallest absolute Gasteiger partial charge is 0.319 e. The average molecular weight is 446 g/mol. The van der Waals surface area contributed by atoms with Gasteiger partial charge < -0.3 is 25.8 Å². The molecule has 0 spiro atoms. The maximum Gasteiger partial charge on any atom is 0.319 e. The van der Waals surface area contributed by atoms with Crippen molar-refractivity contribution in [1.82, 2.24) is 20.4 Å². The van der Waals surface area contributed by atoms with E-state index in [4.69, 9.17) is 0 Å². The zero-order valence-electron chi connectivity index (χ0n) is 20.1. The lowest BCUT2D eigenvalue weighted by Crippen LogP contribution is -2.61. The molecule has 0 saturated carbocycles. The van der Waals surface area contributed by atoms with Crippen LogP contribution >= 0.6 is 0 Å². The van der Waals surface area contributed by atoms with Crippen LogP contribution in [0.2, 0.25) is 0 Å². The first-order valence-electron chi connectivity index (χ1n) is 11.7. The molecule has 1 fully saturated rings. The second-order valence-electron chi connectivity index (χ2n) is 8.69. The van der Waals surface area contributed by atoms with Gasteiger partial charge in [-0.3, -0.25) is 4.79 Å². The van der Waals surface area contributed by atoms with Crippen molar-refractivity contribution in [2.75, 3.05) is 31.5 Å². The monoisotopic (exact) mass is 445 g/mol. The Bertz CT molecular complexity index is 785. The van der Waals surface area contributed by atoms with Crippen molar-refractivity contribution in [3.63, 3.8) is 0 Å². The summed E-state index contributed by atoms with van der Waals surface area (Å²) in [5.41, 5.74) is 1.67. The van der Waals surface area contributed by atoms with Gasteiger partial charge in [0, 0.05) is 37.9 Å². The van der Waals surface area contributed by atoms with Crippen molar-refractivity contribution in [2.45, 2.75) is 66.0 Å². The molecule has 1 aliphatic rings. The molecular weight excluding hydrogens is 406 g/mol. The second-order valence-corrected chi connectivity index (χ2v) is 8.69. The Balaban J connectivity index is 1.99. The molecule has 2 rings (SSSR count). The molecule has 0 bridgehead atoms. The molecule has 178 valence electrons. The second kappa shape index (κ2) is 12.3. The van der Waals surface area contributed by atoms with Gasteiger partial charge in [-0.05, 0) is 37.8 Å². The van der Waals surface area contributed by atoms with Crippen LogP contribution in [0, 0.1) is 12.8 Å². The van der Waals surface area contributed by atoms with E-state index in [0.29, 0.717) is 26.2 Å². The number of piperazine rings is 1. The quantitative estimate of drug-likeness (QED) is 0.534. The first-order valence-corrected chi connectivity index (χ1v) is 11.7. The minimum absolute atomic E-state index is 0.0178. The number of hydrogen-bond acceptors (Lipinski definition) is 3. The number of anilines is 1. The van der Waals surface area contributed by atoms with Crippen LogP contribution < -0.4 is 16.0 Å². The number of para-hydroxylation sites is 1. The van der Waals surface area contributed by atoms with Gasteiger partial charge in [-0.25, -0.2) is 9.59 Å². The predicted octanol–water partition coefficient (Wildman–Crippen LogP) is 3.57. The fraction of sp³-hybridized carbons (Fsp3) is 0.625. The van der Waals surface area contributed by atoms with Gasteiger partial charge in [-0.15, -0.1) is 0 Å². The van der Waals surface area contributed by atoms with Gasteiger partial charge >= 0.3 is 12.1 Å². The van der Waals surface area contributed by atoms with E-state index >= 15 is 0 Å². The summed E-state index contributed by atoms with van der Waals surface area (Å²) < 4.78 is 0. The van der Waals surface area contributed by atoms with Crippen molar-refractivity contribution >= 4 is 23.7 Å². The Morgan fingerprint density at radius 2 is 1.88 bits per heavy atom. The fourth-order valence-electron chi connectivity index (χ4n) is 3.83. The molecule has 1 saturated heterocycles. The highest BCUT2D eigenvalue weighted by atomic mass is 16.2. The number of benzene rings is 1. The van der Waals surface area contributed by atoms with Crippen LogP contribution in [0.3, 0.4) is 0 Å². The molecule has 0 radical (unpaired) electrons. The Kier molecular flexibility index (Phi) is 9.81. The zero-order valence-corrected chi connectivity index (χ0v) is 20.1. The summed E-state index contributed by atoms with van der Waals surface area (Å²) in [6, 6.07) is 6.35. The van der Waals surface area contributed by atoms with Gasteiger partial charge in [-0.2, -0.15) is 0 Å². The van der Waals surface area contributed by atoms with E-state index in [2.05, 4.69) is 22.9 Å². The fourth-order valence-corrected chi connectivity index (χ4v) is 3.83. The number of unbranched alkanes of at least 4 members (excludes halogenated alkanes) is 1. The molecule has 3 unspecified atom stereocenters. The third-order valence-electron chi connectivity index (χ3n) is 6.17. The van der Waals surface area contributed by atoms with E-state index in [1.165, 1.54) is 0 Å². The summed E-state index contributed by atoms with van der Waals surface area (Å²) >= 11 is 0. The topological polar surface area (TPSA) is 93.8 Å². The highest BCUT2D eigenvalue weighted by Gasteiger charge is 2.35. The Morgan fingerprint density at radius 1 is 1.16 bits per heavy atom. The number of amides is 5. The predicted molar refractivity (Wildman–Crippen MR) is 128 cm³/mol. The molecule has 1 aromatic rings. The zero-order chi connectivity index (χ0) is 23.7. The van der Waals surface area contributed by atoms with Gasteiger partial charge in [0.05, 0.1) is 0 Å². The van der Waals surface area contributed by atoms with Gasteiger partial charge in [0.2, 0.25) is 5.91 Å². The molecule has 0 aliphatic carbocycles. The van der Waals surface area contributed by atoms with E-state index in [0.717, 1.165) is 30.5 Å². The molecule has 1 aromatic carbocycles. The summed E-state index contributed by atoms with van der Waals surface area (Å²) in [6.45, 7) is 12.0. The van der Waals surface area contributed by atoms with Crippen LogP contribution in [0.15, 0.2) is 24.3 Å². The molecule has 3 N–H and O–H groups in total. The minimum atomic E-state index is -0.624. The summed E-state index contributed by atoms with van der Waals surface area (Å²) in [5.74, 6) is -0.118. The van der Waals surface area contributed by atoms with E-state index in [1.807, 2.05) is 52.0 Å². The van der Waals surface area contributed by atoms with Crippen LogP contribution in [0.1, 0.15) is 52.5 Å². The summed E-state index contributed by atoms with van der Waals surface area (Å²) in [4.78, 5) is 42.0. The van der Waals surface area contributed by atoms with Gasteiger partial charge in [0.15, 0.2) is 0 Å². The van der Waals surface area contributed by atoms with Crippen molar-refractivity contribution in [3.8, 4) is 0 Å². The van der Waals surface area contributed by atoms with Crippen molar-refractivity contribution < 1.29 is 14.4 Å². The van der Waals surface area contributed by atoms with E-state index < -0.39 is 6.04 Å². The number of nitrogens with zero attached hydrogens (tertiary/aromatic N) is 2. The van der Waals surface area contributed by atoms with Crippen LogP contribution in [-0.4, -0.2) is 66.0 Å². The molecule has 32 heavy (non-hydrogen) atoms. The number of aryl methyl sites for hydroxylation is 1. The Labute approximate surface area is 192 Å². The first-order chi connectivity index (χ1) is 15.3. The lowest BCUT2D eigenvalue weighted by atomic mass is 9.97. The summed E-state index contributed by atoms with van der Waals surface area (Å²) in [7, 11) is 0. The van der Waals surface area contributed by atoms with Gasteiger partial charge in [0.25, 0.3) is 0 Å². The third-order valence-corrected chi connectivity index (χ3v) is 6.17. The standard InChI is InChI=1S/C24H39N5O3/c1-6-8-13-25-24(32)29-15-14-28(16-19(29)5)22(30)21(17(3)7-2)27-23(31)26-20-12-10-9-11-18(20)4/h9-12,17,19,21H,6-8,13-16H2,1-5H3,(H,25,32)(H2,26,27,31). The summed E-state index contributed by atoms with van der Waals surface area (Å²) in [6.07, 6.45) is 2.74. The molecule has 0 aromatic heterocycles. The minimum Gasteiger partial charge on any atom is -0.338 e. The maximum atomic E-state index is 13.4. The van der Waals surface area contributed by atoms with E-state index in [-0.39, 0.29) is 29.9 Å². The van der Waals surface area contributed by atoms with Gasteiger partial charge in [-0.1, -0.05) is 51.8 Å². The van der Waals surface area contributed by atoms with Crippen molar-refractivity contribution in [2.24, 2.45) is 5.92 Å². The van der Waals surface area contributed by atoms with E-state index in [1.54, 1.807) is 9.80 Å². The Hall–Kier alpha value is -2.77. The van der Waals surface area contributed by atoms with Gasteiger partial charge in [0.1, 0.15) is 6.04 Å². The largest absolute Gasteiger partial charge is 0.338 e. The maximum absolute atomic E-state index is 13.4. The normalized spacial score (nSPS) is 18.0. The van der Waals surface area contributed by atoms with Crippen LogP contribution in [0.25, 0.3) is 0 Å². The lowest BCUT2D eigenvalue weighted by Gasteiger charge is -2.41. The summed E-state index contributed by atoms with van der Waals surface area (Å²) in [5, 5.41) is 8.69. The van der Waals surface area contributed by atoms with Crippen molar-refractivity contribution in [3.05, 3.63) is 29.8 Å². The number of carbonyl (C=O) groups is 3. The number of rotatable bonds is 8. The Morgan fingerprint density at radius 3 is 2.50 bits per heavy atom. The van der Waals surface area contributed by atoms with Crippen LogP contribution in [0.5, 0.6) is 0 Å². The number of urea groups is 2. The molecular formula is C24H39N5O3. The van der Waals surface area contributed by atoms with Crippen LogP contribution in [0.4, 0.5) is 15.3 Å². The van der Waals surface area contributed by atoms with Crippen molar-refractivity contribution in [1.29, 1.82) is 0 Å². The molecule has 3 atom stereocenters. The number of carbonyl (C=O) groups excluding carboxylic acids is 3. The molecule has 8 heteroatoms. The number of hydrogen-bond donors (Lipinski definition) is 3. The molecule has 8 nitrogen and oxygen atoms in total. The SMILES string of the molecule is CCCCNC(=O)N1CCN(C(=O)C(NC(=O)Nc2ccccc2C)C(C)CC)CC1C. The third kappa shape index (κ3) is 6.87. The molecule has 1 heterocycles. The highest BCUT2D eigenvalue weighted by Crippen LogP contribution is 2.17. The molecule has 1 aliphatic heterocycles. The molecule has 5 amide bonds. The lowest BCUT2D eigenvalue weighted by molar-refractivity contribution is -0.136. The van der Waals surface area contributed by atoms with Crippen LogP contribution in [-0.2, 0) is 4.79 Å². The first kappa shape index (κ1) is 25.5. The average Bonchev–Trinajstić information content (AvgIpc) is 2.78. The highest BCUT2D eigenvalue weighted by molar-refractivity contribution is 5.94. The van der Waals surface area contributed by atoms with E-state index in [9.17, 15) is 14.4 Å².